The van der Waals surface area contributed by atoms with Gasteiger partial charge in [-0.25, -0.2) is 14.3 Å². The molecular weight excluding hydrogens is 456 g/mol. The molecule has 8 heteroatoms. The van der Waals surface area contributed by atoms with Gasteiger partial charge in [0.25, 0.3) is 0 Å². The number of hydrogen-bond acceptors (Lipinski definition) is 5. The number of carbonyl (C=O) groups excluding carboxylic acids is 1. The SMILES string of the molecule is CC(C)(C)[Si](C)(C)OC1C[C@H](c2cn3nc(C4CC4)ccc3n2)N(C(=O)OCc2ccccc2)C1. The van der Waals surface area contributed by atoms with E-state index < -0.39 is 8.32 Å². The lowest BCUT2D eigenvalue weighted by Crippen LogP contribution is -2.44. The number of benzene rings is 1. The number of likely N-dealkylation sites (tertiary alicyclic amines) is 1. The van der Waals surface area contributed by atoms with E-state index in [1.54, 1.807) is 4.90 Å². The van der Waals surface area contributed by atoms with Gasteiger partial charge in [-0.15, -0.1) is 0 Å². The second kappa shape index (κ2) is 9.06. The molecule has 7 nitrogen and oxygen atoms in total. The molecule has 1 saturated carbocycles. The number of aromatic nitrogens is 3. The number of fused-ring (bicyclic) bond motifs is 1. The second-order valence-corrected chi connectivity index (χ2v) is 16.2. The predicted molar refractivity (Wildman–Crippen MR) is 138 cm³/mol. The lowest BCUT2D eigenvalue weighted by molar-refractivity contribution is 0.0877. The summed E-state index contributed by atoms with van der Waals surface area (Å²) in [6, 6.07) is 13.7. The van der Waals surface area contributed by atoms with E-state index in [-0.39, 0.29) is 29.9 Å². The lowest BCUT2D eigenvalue weighted by atomic mass is 10.1. The van der Waals surface area contributed by atoms with E-state index in [1.807, 2.05) is 47.1 Å². The van der Waals surface area contributed by atoms with Gasteiger partial charge in [-0.1, -0.05) is 51.1 Å². The van der Waals surface area contributed by atoms with Gasteiger partial charge in [0.2, 0.25) is 0 Å². The van der Waals surface area contributed by atoms with Crippen molar-refractivity contribution in [1.29, 1.82) is 0 Å². The highest BCUT2D eigenvalue weighted by molar-refractivity contribution is 6.74. The van der Waals surface area contributed by atoms with Gasteiger partial charge in [-0.05, 0) is 48.7 Å². The van der Waals surface area contributed by atoms with Gasteiger partial charge >= 0.3 is 6.09 Å². The van der Waals surface area contributed by atoms with E-state index >= 15 is 0 Å². The molecule has 1 aliphatic carbocycles. The Labute approximate surface area is 208 Å². The molecule has 1 saturated heterocycles. The number of nitrogens with zero attached hydrogens (tertiary/aromatic N) is 4. The zero-order chi connectivity index (χ0) is 24.8. The third-order valence-corrected chi connectivity index (χ3v) is 12.2. The smallest absolute Gasteiger partial charge is 0.410 e. The fourth-order valence-electron chi connectivity index (χ4n) is 4.43. The van der Waals surface area contributed by atoms with E-state index in [9.17, 15) is 4.79 Å². The van der Waals surface area contributed by atoms with Crippen LogP contribution in [-0.2, 0) is 15.8 Å². The van der Waals surface area contributed by atoms with Crippen molar-refractivity contribution in [2.75, 3.05) is 6.54 Å². The summed E-state index contributed by atoms with van der Waals surface area (Å²) in [6.45, 7) is 12.0. The molecule has 3 aromatic rings. The number of hydrogen-bond donors (Lipinski definition) is 0. The summed E-state index contributed by atoms with van der Waals surface area (Å²) in [5, 5.41) is 4.87. The molecule has 1 unspecified atom stereocenters. The Balaban J connectivity index is 1.39. The van der Waals surface area contributed by atoms with Crippen molar-refractivity contribution in [3.63, 3.8) is 0 Å². The molecule has 1 amide bonds. The fourth-order valence-corrected chi connectivity index (χ4v) is 5.79. The zero-order valence-electron chi connectivity index (χ0n) is 21.4. The Hall–Kier alpha value is -2.71. The highest BCUT2D eigenvalue weighted by Gasteiger charge is 2.45. The maximum absolute atomic E-state index is 13.3. The standard InChI is InChI=1S/C27H36N4O3Si/c1-27(2,3)35(4,5)34-21-15-24(30(16-21)26(32)33-18-19-9-7-6-8-10-19)23-17-31-25(28-23)14-13-22(29-31)20-11-12-20/h6-10,13-14,17,20-21,24H,11-12,15-16,18H2,1-5H3/t21?,24-/m1/s1. The van der Waals surface area contributed by atoms with E-state index in [1.165, 1.54) is 12.8 Å². The topological polar surface area (TPSA) is 69.0 Å². The quantitative estimate of drug-likeness (QED) is 0.390. The molecule has 0 N–H and O–H groups in total. The van der Waals surface area contributed by atoms with Gasteiger partial charge < -0.3 is 9.16 Å². The molecule has 5 rings (SSSR count). The zero-order valence-corrected chi connectivity index (χ0v) is 22.4. The molecule has 2 aliphatic rings. The summed E-state index contributed by atoms with van der Waals surface area (Å²) in [5.41, 5.74) is 3.72. The van der Waals surface area contributed by atoms with E-state index in [4.69, 9.17) is 19.2 Å². The second-order valence-electron chi connectivity index (χ2n) is 11.4. The van der Waals surface area contributed by atoms with Crippen LogP contribution in [0.1, 0.15) is 68.9 Å². The monoisotopic (exact) mass is 492 g/mol. The minimum absolute atomic E-state index is 0.0510. The molecule has 35 heavy (non-hydrogen) atoms. The normalized spacial score (nSPS) is 21.0. The van der Waals surface area contributed by atoms with Crippen LogP contribution in [0.4, 0.5) is 4.79 Å². The number of imidazole rings is 1. The van der Waals surface area contributed by atoms with Crippen molar-refractivity contribution in [3.05, 3.63) is 65.6 Å². The van der Waals surface area contributed by atoms with Crippen molar-refractivity contribution in [3.8, 4) is 0 Å². The van der Waals surface area contributed by atoms with Gasteiger partial charge in [-0.2, -0.15) is 5.10 Å². The van der Waals surface area contributed by atoms with Crippen LogP contribution in [-0.4, -0.2) is 46.6 Å². The summed E-state index contributed by atoms with van der Waals surface area (Å²) in [5.74, 6) is 0.573. The highest BCUT2D eigenvalue weighted by Crippen LogP contribution is 2.42. The lowest BCUT2D eigenvalue weighted by Gasteiger charge is -2.38. The first-order valence-electron chi connectivity index (χ1n) is 12.6. The Bertz CT molecular complexity index is 1200. The van der Waals surface area contributed by atoms with Crippen molar-refractivity contribution in [2.24, 2.45) is 0 Å². The molecule has 2 aromatic heterocycles. The summed E-state index contributed by atoms with van der Waals surface area (Å²) < 4.78 is 14.3. The van der Waals surface area contributed by atoms with Crippen LogP contribution < -0.4 is 0 Å². The number of carbonyl (C=O) groups is 1. The Morgan fingerprint density at radius 1 is 1.09 bits per heavy atom. The van der Waals surface area contributed by atoms with Gasteiger partial charge in [0.15, 0.2) is 14.0 Å². The van der Waals surface area contributed by atoms with Crippen molar-refractivity contribution < 1.29 is 14.0 Å². The molecule has 3 heterocycles. The molecule has 1 aromatic carbocycles. The minimum Gasteiger partial charge on any atom is -0.445 e. The van der Waals surface area contributed by atoms with Crippen LogP contribution in [0.5, 0.6) is 0 Å². The summed E-state index contributed by atoms with van der Waals surface area (Å²) in [7, 11) is -2.00. The number of amides is 1. The van der Waals surface area contributed by atoms with Crippen LogP contribution in [0.2, 0.25) is 18.1 Å². The largest absolute Gasteiger partial charge is 0.445 e. The average Bonchev–Trinajstić information content (AvgIpc) is 3.44. The van der Waals surface area contributed by atoms with E-state index in [0.29, 0.717) is 18.9 Å². The maximum atomic E-state index is 13.3. The molecular formula is C27H36N4O3Si. The molecule has 1 aliphatic heterocycles. The first kappa shape index (κ1) is 24.0. The van der Waals surface area contributed by atoms with Gasteiger partial charge in [0, 0.05) is 18.9 Å². The van der Waals surface area contributed by atoms with Gasteiger partial charge in [-0.3, -0.25) is 4.90 Å². The molecule has 186 valence electrons. The van der Waals surface area contributed by atoms with Crippen LogP contribution >= 0.6 is 0 Å². The van der Waals surface area contributed by atoms with Crippen LogP contribution in [0.25, 0.3) is 5.65 Å². The van der Waals surface area contributed by atoms with Crippen LogP contribution in [0, 0.1) is 0 Å². The van der Waals surface area contributed by atoms with Crippen molar-refractivity contribution in [1.82, 2.24) is 19.5 Å². The first-order chi connectivity index (χ1) is 16.6. The summed E-state index contributed by atoms with van der Waals surface area (Å²) in [6.07, 6.45) is 4.70. The number of rotatable bonds is 6. The van der Waals surface area contributed by atoms with Crippen molar-refractivity contribution in [2.45, 2.75) is 82.8 Å². The molecule has 2 atom stereocenters. The fraction of sp³-hybridized carbons (Fsp3) is 0.519. The van der Waals surface area contributed by atoms with Crippen LogP contribution in [0.15, 0.2) is 48.7 Å². The Morgan fingerprint density at radius 3 is 2.51 bits per heavy atom. The maximum Gasteiger partial charge on any atom is 0.410 e. The summed E-state index contributed by atoms with van der Waals surface area (Å²) in [4.78, 5) is 19.9. The summed E-state index contributed by atoms with van der Waals surface area (Å²) >= 11 is 0. The van der Waals surface area contributed by atoms with E-state index in [2.05, 4.69) is 39.9 Å². The minimum atomic E-state index is -2.00. The Morgan fingerprint density at radius 2 is 1.83 bits per heavy atom. The van der Waals surface area contributed by atoms with E-state index in [0.717, 1.165) is 22.6 Å². The Kier molecular flexibility index (Phi) is 6.21. The van der Waals surface area contributed by atoms with Crippen molar-refractivity contribution >= 4 is 20.1 Å². The van der Waals surface area contributed by atoms with Gasteiger partial charge in [0.1, 0.15) is 6.61 Å². The number of ether oxygens (including phenoxy) is 1. The molecule has 0 radical (unpaired) electrons. The van der Waals surface area contributed by atoms with Gasteiger partial charge in [0.05, 0.1) is 29.7 Å². The molecule has 2 fully saturated rings. The molecule has 0 bridgehead atoms. The van der Waals surface area contributed by atoms with Crippen LogP contribution in [0.3, 0.4) is 0 Å². The molecule has 0 spiro atoms. The predicted octanol–water partition coefficient (Wildman–Crippen LogP) is 6.08. The average molecular weight is 493 g/mol. The highest BCUT2D eigenvalue weighted by atomic mass is 28.4. The third kappa shape index (κ3) is 5.14. The third-order valence-electron chi connectivity index (χ3n) is 7.67. The first-order valence-corrected chi connectivity index (χ1v) is 15.5.